The Morgan fingerprint density at radius 2 is 2.24 bits per heavy atom. The number of ether oxygens (including phenoxy) is 1. The highest BCUT2D eigenvalue weighted by Crippen LogP contribution is 2.17. The zero-order chi connectivity index (χ0) is 14.9. The van der Waals surface area contributed by atoms with Gasteiger partial charge >= 0.3 is 0 Å². The van der Waals surface area contributed by atoms with Crippen molar-refractivity contribution in [2.75, 3.05) is 13.2 Å². The van der Waals surface area contributed by atoms with Crippen LogP contribution in [0.2, 0.25) is 0 Å². The van der Waals surface area contributed by atoms with Gasteiger partial charge in [-0.1, -0.05) is 6.92 Å². The lowest BCUT2D eigenvalue weighted by atomic mass is 10.2. The lowest BCUT2D eigenvalue weighted by Gasteiger charge is -2.12. The molecular formula is C16H24N4O. The van der Waals surface area contributed by atoms with Gasteiger partial charge in [0.15, 0.2) is 0 Å². The molecular weight excluding hydrogens is 264 g/mol. The summed E-state index contributed by atoms with van der Waals surface area (Å²) >= 11 is 0. The van der Waals surface area contributed by atoms with E-state index in [1.165, 1.54) is 0 Å². The first kappa shape index (κ1) is 15.5. The van der Waals surface area contributed by atoms with Gasteiger partial charge in [-0.3, -0.25) is 4.98 Å². The molecule has 0 bridgehead atoms. The minimum absolute atomic E-state index is 0.684. The monoisotopic (exact) mass is 288 g/mol. The Hall–Kier alpha value is -1.88. The van der Waals surface area contributed by atoms with Crippen LogP contribution in [0.15, 0.2) is 30.9 Å². The van der Waals surface area contributed by atoms with Gasteiger partial charge in [0.1, 0.15) is 5.75 Å². The second-order valence-corrected chi connectivity index (χ2v) is 5.08. The van der Waals surface area contributed by atoms with E-state index in [2.05, 4.69) is 26.8 Å². The summed E-state index contributed by atoms with van der Waals surface area (Å²) in [5, 5.41) is 3.38. The second-order valence-electron chi connectivity index (χ2n) is 5.08. The third kappa shape index (κ3) is 5.19. The molecule has 2 rings (SSSR count). The molecule has 1 N–H and O–H groups in total. The number of aryl methyl sites for hydroxylation is 2. The maximum absolute atomic E-state index is 5.88. The molecule has 0 aliphatic carbocycles. The molecule has 21 heavy (non-hydrogen) atoms. The standard InChI is InChI=1S/C16H24N4O/c1-3-7-17-12-15-16(6-5-14(2)19-15)21-11-4-9-20-10-8-18-13-20/h5-6,8,10,13,17H,3-4,7,9,11-12H2,1-2H3. The van der Waals surface area contributed by atoms with E-state index >= 15 is 0 Å². The largest absolute Gasteiger partial charge is 0.492 e. The molecule has 0 radical (unpaired) electrons. The van der Waals surface area contributed by atoms with Crippen LogP contribution >= 0.6 is 0 Å². The average Bonchev–Trinajstić information content (AvgIpc) is 2.99. The van der Waals surface area contributed by atoms with E-state index in [-0.39, 0.29) is 0 Å². The molecule has 2 aromatic rings. The number of aromatic nitrogens is 3. The van der Waals surface area contributed by atoms with E-state index in [1.54, 1.807) is 6.20 Å². The molecule has 0 spiro atoms. The number of hydrogen-bond acceptors (Lipinski definition) is 4. The maximum atomic E-state index is 5.88. The van der Waals surface area contributed by atoms with Gasteiger partial charge in [-0.2, -0.15) is 0 Å². The summed E-state index contributed by atoms with van der Waals surface area (Å²) in [6.45, 7) is 7.52. The number of rotatable bonds is 9. The molecule has 2 heterocycles. The van der Waals surface area contributed by atoms with Crippen LogP contribution in [-0.2, 0) is 13.1 Å². The quantitative estimate of drug-likeness (QED) is 0.721. The Morgan fingerprint density at radius 1 is 1.33 bits per heavy atom. The molecule has 5 heteroatoms. The van der Waals surface area contributed by atoms with Crippen molar-refractivity contribution in [1.82, 2.24) is 19.9 Å². The Balaban J connectivity index is 1.83. The molecule has 0 aliphatic rings. The third-order valence-electron chi connectivity index (χ3n) is 3.17. The zero-order valence-corrected chi connectivity index (χ0v) is 12.9. The highest BCUT2D eigenvalue weighted by molar-refractivity contribution is 5.29. The highest BCUT2D eigenvalue weighted by Gasteiger charge is 2.05. The van der Waals surface area contributed by atoms with Crippen molar-refractivity contribution in [3.8, 4) is 5.75 Å². The van der Waals surface area contributed by atoms with Gasteiger partial charge in [0.2, 0.25) is 0 Å². The summed E-state index contributed by atoms with van der Waals surface area (Å²) < 4.78 is 7.94. The Kier molecular flexibility index (Phi) is 6.22. The number of imidazole rings is 1. The molecule has 5 nitrogen and oxygen atoms in total. The minimum Gasteiger partial charge on any atom is -0.492 e. The normalized spacial score (nSPS) is 10.8. The fourth-order valence-corrected chi connectivity index (χ4v) is 2.09. The number of nitrogens with one attached hydrogen (secondary N) is 1. The topological polar surface area (TPSA) is 52.0 Å². The maximum Gasteiger partial charge on any atom is 0.142 e. The predicted molar refractivity (Wildman–Crippen MR) is 83.3 cm³/mol. The van der Waals surface area contributed by atoms with E-state index in [9.17, 15) is 0 Å². The predicted octanol–water partition coefficient (Wildman–Crippen LogP) is 2.56. The molecule has 2 aromatic heterocycles. The summed E-state index contributed by atoms with van der Waals surface area (Å²) in [7, 11) is 0. The van der Waals surface area contributed by atoms with Crippen molar-refractivity contribution in [1.29, 1.82) is 0 Å². The fourth-order valence-electron chi connectivity index (χ4n) is 2.09. The first-order chi connectivity index (χ1) is 10.3. The van der Waals surface area contributed by atoms with E-state index in [0.717, 1.165) is 49.6 Å². The van der Waals surface area contributed by atoms with Gasteiger partial charge < -0.3 is 14.6 Å². The molecule has 0 unspecified atom stereocenters. The lowest BCUT2D eigenvalue weighted by molar-refractivity contribution is 0.296. The first-order valence-corrected chi connectivity index (χ1v) is 7.55. The zero-order valence-electron chi connectivity index (χ0n) is 12.9. The molecule has 0 saturated heterocycles. The van der Waals surface area contributed by atoms with Crippen molar-refractivity contribution in [3.05, 3.63) is 42.2 Å². The number of pyridine rings is 1. The lowest BCUT2D eigenvalue weighted by Crippen LogP contribution is -2.16. The van der Waals surface area contributed by atoms with Gasteiger partial charge in [-0.25, -0.2) is 4.98 Å². The van der Waals surface area contributed by atoms with Gasteiger partial charge in [-0.15, -0.1) is 0 Å². The molecule has 114 valence electrons. The van der Waals surface area contributed by atoms with Crippen molar-refractivity contribution in [2.24, 2.45) is 0 Å². The Bertz CT molecular complexity index is 525. The molecule has 0 fully saturated rings. The molecule has 0 aromatic carbocycles. The first-order valence-electron chi connectivity index (χ1n) is 7.55. The molecule has 0 saturated carbocycles. The number of nitrogens with zero attached hydrogens (tertiary/aromatic N) is 3. The van der Waals surface area contributed by atoms with E-state index in [4.69, 9.17) is 4.74 Å². The molecule has 0 aliphatic heterocycles. The summed E-state index contributed by atoms with van der Waals surface area (Å²) in [5.74, 6) is 0.884. The summed E-state index contributed by atoms with van der Waals surface area (Å²) in [4.78, 5) is 8.60. The van der Waals surface area contributed by atoms with Crippen LogP contribution in [0.25, 0.3) is 0 Å². The van der Waals surface area contributed by atoms with Crippen LogP contribution < -0.4 is 10.1 Å². The summed E-state index contributed by atoms with van der Waals surface area (Å²) in [6, 6.07) is 4.01. The van der Waals surface area contributed by atoms with Crippen molar-refractivity contribution in [2.45, 2.75) is 39.8 Å². The fraction of sp³-hybridized carbons (Fsp3) is 0.500. The SMILES string of the molecule is CCCNCc1nc(C)ccc1OCCCn1ccnc1. The van der Waals surface area contributed by atoms with E-state index in [0.29, 0.717) is 6.61 Å². The smallest absolute Gasteiger partial charge is 0.142 e. The summed E-state index contributed by atoms with van der Waals surface area (Å²) in [6.07, 6.45) is 7.66. The van der Waals surface area contributed by atoms with E-state index < -0.39 is 0 Å². The van der Waals surface area contributed by atoms with Crippen LogP contribution in [0.4, 0.5) is 0 Å². The average molecular weight is 288 g/mol. The van der Waals surface area contributed by atoms with Gasteiger partial charge in [0.25, 0.3) is 0 Å². The second kappa shape index (κ2) is 8.42. The minimum atomic E-state index is 0.684. The van der Waals surface area contributed by atoms with Crippen molar-refractivity contribution in [3.63, 3.8) is 0 Å². The molecule has 0 amide bonds. The Morgan fingerprint density at radius 3 is 3.00 bits per heavy atom. The van der Waals surface area contributed by atoms with Crippen LogP contribution in [-0.4, -0.2) is 27.7 Å². The van der Waals surface area contributed by atoms with Crippen LogP contribution in [0.3, 0.4) is 0 Å². The van der Waals surface area contributed by atoms with Gasteiger partial charge in [-0.05, 0) is 38.4 Å². The highest BCUT2D eigenvalue weighted by atomic mass is 16.5. The Labute approximate surface area is 126 Å². The van der Waals surface area contributed by atoms with Crippen LogP contribution in [0.5, 0.6) is 5.75 Å². The van der Waals surface area contributed by atoms with Crippen LogP contribution in [0, 0.1) is 6.92 Å². The van der Waals surface area contributed by atoms with Crippen molar-refractivity contribution < 1.29 is 4.74 Å². The third-order valence-corrected chi connectivity index (χ3v) is 3.17. The number of hydrogen-bond donors (Lipinski definition) is 1. The van der Waals surface area contributed by atoms with E-state index in [1.807, 2.05) is 31.6 Å². The van der Waals surface area contributed by atoms with Crippen molar-refractivity contribution >= 4 is 0 Å². The summed E-state index contributed by atoms with van der Waals surface area (Å²) in [5.41, 5.74) is 2.01. The van der Waals surface area contributed by atoms with Gasteiger partial charge in [0, 0.05) is 31.2 Å². The van der Waals surface area contributed by atoms with Crippen LogP contribution in [0.1, 0.15) is 31.2 Å². The molecule has 0 atom stereocenters. The van der Waals surface area contributed by atoms with Gasteiger partial charge in [0.05, 0.1) is 18.6 Å².